The van der Waals surface area contributed by atoms with Crippen molar-refractivity contribution in [3.8, 4) is 11.4 Å². The lowest BCUT2D eigenvalue weighted by atomic mass is 9.96. The van der Waals surface area contributed by atoms with Crippen LogP contribution in [0.3, 0.4) is 0 Å². The van der Waals surface area contributed by atoms with Crippen LogP contribution in [0, 0.1) is 11.7 Å². The fourth-order valence-corrected chi connectivity index (χ4v) is 4.41. The highest BCUT2D eigenvalue weighted by atomic mass is 19.1. The van der Waals surface area contributed by atoms with Crippen molar-refractivity contribution in [1.82, 2.24) is 15.3 Å². The van der Waals surface area contributed by atoms with Crippen molar-refractivity contribution < 1.29 is 9.18 Å². The molecule has 2 aromatic rings. The maximum Gasteiger partial charge on any atom is 0.225 e. The maximum absolute atomic E-state index is 13.2. The Balaban J connectivity index is 1.42. The molecule has 1 atom stereocenters. The van der Waals surface area contributed by atoms with Crippen LogP contribution in [0.2, 0.25) is 0 Å². The molecule has 1 saturated heterocycles. The highest BCUT2D eigenvalue weighted by Crippen LogP contribution is 2.25. The average molecular weight is 397 g/mol. The van der Waals surface area contributed by atoms with Crippen LogP contribution < -0.4 is 10.2 Å². The van der Waals surface area contributed by atoms with Gasteiger partial charge in [0.1, 0.15) is 11.6 Å². The highest BCUT2D eigenvalue weighted by Gasteiger charge is 2.28. The predicted octanol–water partition coefficient (Wildman–Crippen LogP) is 4.34. The molecule has 2 aliphatic rings. The summed E-state index contributed by atoms with van der Waals surface area (Å²) in [4.78, 5) is 24.1. The van der Waals surface area contributed by atoms with E-state index in [1.165, 1.54) is 37.8 Å². The Morgan fingerprint density at radius 2 is 1.76 bits per heavy atom. The molecule has 4 rings (SSSR count). The topological polar surface area (TPSA) is 58.1 Å². The number of aromatic nitrogens is 2. The second-order valence-electron chi connectivity index (χ2n) is 8.23. The Hall–Kier alpha value is -2.50. The number of nitrogens with zero attached hydrogens (tertiary/aromatic N) is 3. The molecule has 29 heavy (non-hydrogen) atoms. The van der Waals surface area contributed by atoms with Gasteiger partial charge in [-0.15, -0.1) is 0 Å². The molecule has 0 spiro atoms. The van der Waals surface area contributed by atoms with Crippen molar-refractivity contribution in [3.05, 3.63) is 42.3 Å². The number of rotatable bonds is 4. The van der Waals surface area contributed by atoms with Crippen molar-refractivity contribution in [2.75, 3.05) is 18.0 Å². The van der Waals surface area contributed by atoms with Gasteiger partial charge >= 0.3 is 0 Å². The van der Waals surface area contributed by atoms with E-state index >= 15 is 0 Å². The number of carbonyl (C=O) groups excluding carboxylic acids is 1. The molecule has 2 heterocycles. The lowest BCUT2D eigenvalue weighted by Gasteiger charge is -2.33. The van der Waals surface area contributed by atoms with Gasteiger partial charge in [0.2, 0.25) is 5.91 Å². The predicted molar refractivity (Wildman–Crippen MR) is 112 cm³/mol. The summed E-state index contributed by atoms with van der Waals surface area (Å²) in [7, 11) is 0. The zero-order valence-electron chi connectivity index (χ0n) is 16.8. The van der Waals surface area contributed by atoms with Gasteiger partial charge in [0, 0.05) is 30.9 Å². The summed E-state index contributed by atoms with van der Waals surface area (Å²) in [5.41, 5.74) is 0.785. The summed E-state index contributed by atoms with van der Waals surface area (Å²) in [5, 5.41) is 3.31. The Bertz CT molecular complexity index is 818. The lowest BCUT2D eigenvalue weighted by molar-refractivity contribution is -0.126. The lowest BCUT2D eigenvalue weighted by Crippen LogP contribution is -2.46. The molecular formula is C23H29FN4O. The number of hydrogen-bond acceptors (Lipinski definition) is 4. The fourth-order valence-electron chi connectivity index (χ4n) is 4.41. The monoisotopic (exact) mass is 396 g/mol. The van der Waals surface area contributed by atoms with Crippen molar-refractivity contribution in [2.45, 2.75) is 57.4 Å². The summed E-state index contributed by atoms with van der Waals surface area (Å²) < 4.78 is 13.2. The van der Waals surface area contributed by atoms with Gasteiger partial charge < -0.3 is 10.2 Å². The van der Waals surface area contributed by atoms with Crippen molar-refractivity contribution in [3.63, 3.8) is 0 Å². The van der Waals surface area contributed by atoms with Crippen LogP contribution in [0.15, 0.2) is 36.5 Å². The van der Waals surface area contributed by atoms with Gasteiger partial charge in [0.25, 0.3) is 0 Å². The zero-order chi connectivity index (χ0) is 20.1. The Kier molecular flexibility index (Phi) is 6.37. The van der Waals surface area contributed by atoms with E-state index in [9.17, 15) is 9.18 Å². The van der Waals surface area contributed by atoms with Gasteiger partial charge in [-0.25, -0.2) is 14.4 Å². The first-order valence-corrected chi connectivity index (χ1v) is 10.8. The van der Waals surface area contributed by atoms with Crippen LogP contribution in [-0.4, -0.2) is 35.0 Å². The van der Waals surface area contributed by atoms with Crippen LogP contribution >= 0.6 is 0 Å². The smallest absolute Gasteiger partial charge is 0.225 e. The Morgan fingerprint density at radius 1 is 1.00 bits per heavy atom. The van der Waals surface area contributed by atoms with Crippen LogP contribution in [0.5, 0.6) is 0 Å². The molecule has 1 amide bonds. The second-order valence-corrected chi connectivity index (χ2v) is 8.23. The van der Waals surface area contributed by atoms with E-state index in [2.05, 4.69) is 20.2 Å². The van der Waals surface area contributed by atoms with Gasteiger partial charge in [-0.05, 0) is 56.0 Å². The van der Waals surface area contributed by atoms with Gasteiger partial charge in [0.15, 0.2) is 5.82 Å². The zero-order valence-corrected chi connectivity index (χ0v) is 16.8. The van der Waals surface area contributed by atoms with Crippen LogP contribution in [0.1, 0.15) is 51.4 Å². The van der Waals surface area contributed by atoms with E-state index in [0.29, 0.717) is 18.4 Å². The minimum absolute atomic E-state index is 0.00348. The van der Waals surface area contributed by atoms with E-state index in [-0.39, 0.29) is 17.6 Å². The quantitative estimate of drug-likeness (QED) is 0.781. The number of amides is 1. The minimum Gasteiger partial charge on any atom is -0.356 e. The molecule has 1 N–H and O–H groups in total. The second kappa shape index (κ2) is 9.33. The SMILES string of the molecule is O=C(NC1CCCCCC1)[C@H]1CCCN(c2ccnc(-c3ccc(F)cc3)n2)C1. The number of benzene rings is 1. The number of anilines is 1. The molecule has 1 saturated carbocycles. The van der Waals surface area contributed by atoms with Gasteiger partial charge in [-0.2, -0.15) is 0 Å². The highest BCUT2D eigenvalue weighted by molar-refractivity contribution is 5.80. The molecule has 6 heteroatoms. The maximum atomic E-state index is 13.2. The molecule has 0 unspecified atom stereocenters. The van der Waals surface area contributed by atoms with Gasteiger partial charge in [0.05, 0.1) is 5.92 Å². The van der Waals surface area contributed by atoms with Crippen molar-refractivity contribution >= 4 is 11.7 Å². The standard InChI is InChI=1S/C23H29FN4O/c24-19-11-9-17(10-12-19)22-25-14-13-21(27-22)28-15-5-6-18(16-28)23(29)26-20-7-3-1-2-4-8-20/h9-14,18,20H,1-8,15-16H2,(H,26,29)/t18-/m0/s1. The van der Waals surface area contributed by atoms with E-state index in [0.717, 1.165) is 43.6 Å². The van der Waals surface area contributed by atoms with Gasteiger partial charge in [-0.3, -0.25) is 4.79 Å². The van der Waals surface area contributed by atoms with Crippen molar-refractivity contribution in [1.29, 1.82) is 0 Å². The molecule has 0 bridgehead atoms. The summed E-state index contributed by atoms with van der Waals surface area (Å²) in [6.45, 7) is 1.56. The first kappa shape index (κ1) is 19.8. The first-order valence-electron chi connectivity index (χ1n) is 10.8. The number of hydrogen-bond donors (Lipinski definition) is 1. The minimum atomic E-state index is -0.275. The van der Waals surface area contributed by atoms with E-state index in [1.807, 2.05) is 6.07 Å². The molecule has 154 valence electrons. The van der Waals surface area contributed by atoms with Gasteiger partial charge in [-0.1, -0.05) is 25.7 Å². The summed E-state index contributed by atoms with van der Waals surface area (Å²) in [6, 6.07) is 8.43. The number of carbonyl (C=O) groups is 1. The summed E-state index contributed by atoms with van der Waals surface area (Å²) >= 11 is 0. The van der Waals surface area contributed by atoms with Crippen molar-refractivity contribution in [2.24, 2.45) is 5.92 Å². The largest absolute Gasteiger partial charge is 0.356 e. The third-order valence-corrected chi connectivity index (χ3v) is 6.06. The molecule has 1 aliphatic carbocycles. The third kappa shape index (κ3) is 5.11. The number of nitrogens with one attached hydrogen (secondary N) is 1. The van der Waals surface area contributed by atoms with Crippen LogP contribution in [-0.2, 0) is 4.79 Å². The fraction of sp³-hybridized carbons (Fsp3) is 0.522. The molecular weight excluding hydrogens is 367 g/mol. The molecule has 2 fully saturated rings. The molecule has 1 aliphatic heterocycles. The Morgan fingerprint density at radius 3 is 2.52 bits per heavy atom. The normalized spacial score (nSPS) is 20.9. The summed E-state index contributed by atoms with van der Waals surface area (Å²) in [6.07, 6.45) is 10.8. The summed E-state index contributed by atoms with van der Waals surface area (Å²) in [5.74, 6) is 1.31. The molecule has 5 nitrogen and oxygen atoms in total. The number of halogens is 1. The van der Waals surface area contributed by atoms with E-state index in [1.54, 1.807) is 18.3 Å². The Labute approximate surface area is 171 Å². The van der Waals surface area contributed by atoms with E-state index < -0.39 is 0 Å². The van der Waals surface area contributed by atoms with Crippen LogP contribution in [0.4, 0.5) is 10.2 Å². The molecule has 1 aromatic heterocycles. The average Bonchev–Trinajstić information content (AvgIpc) is 3.03. The third-order valence-electron chi connectivity index (χ3n) is 6.06. The molecule has 1 aromatic carbocycles. The number of piperidine rings is 1. The van der Waals surface area contributed by atoms with E-state index in [4.69, 9.17) is 0 Å². The molecule has 0 radical (unpaired) electrons. The first-order chi connectivity index (χ1) is 14.2. The van der Waals surface area contributed by atoms with Crippen LogP contribution in [0.25, 0.3) is 11.4 Å².